The second-order valence-corrected chi connectivity index (χ2v) is 3.75. The Balaban J connectivity index is 2.34. The molecule has 12 heavy (non-hydrogen) atoms. The molecule has 0 bridgehead atoms. The van der Waals surface area contributed by atoms with E-state index in [1.807, 2.05) is 11.6 Å². The molecular weight excluding hydrogens is 152 g/mol. The highest BCUT2D eigenvalue weighted by atomic mass is 15.3. The first-order valence-corrected chi connectivity index (χ1v) is 4.28. The molecule has 0 spiro atoms. The molecule has 1 aromatic heterocycles. The third-order valence-electron chi connectivity index (χ3n) is 2.62. The van der Waals surface area contributed by atoms with E-state index in [0.29, 0.717) is 0 Å². The predicted octanol–water partition coefficient (Wildman–Crippen LogP) is 0.0661. The summed E-state index contributed by atoms with van der Waals surface area (Å²) >= 11 is 0. The Morgan fingerprint density at radius 1 is 1.67 bits per heavy atom. The highest BCUT2D eigenvalue weighted by Crippen LogP contribution is 2.27. The van der Waals surface area contributed by atoms with Crippen LogP contribution in [0, 0.1) is 0 Å². The molecule has 4 heteroatoms. The number of rotatable bonds is 1. The molecule has 1 aromatic rings. The van der Waals surface area contributed by atoms with Crippen molar-refractivity contribution in [2.24, 2.45) is 7.05 Å². The Morgan fingerprint density at radius 3 is 3.00 bits per heavy atom. The molecule has 1 N–H and O–H groups in total. The number of hydrogen-bond donors (Lipinski definition) is 1. The molecule has 1 unspecified atom stereocenters. The van der Waals surface area contributed by atoms with Crippen LogP contribution in [0.2, 0.25) is 0 Å². The highest BCUT2D eigenvalue weighted by Gasteiger charge is 2.34. The zero-order valence-corrected chi connectivity index (χ0v) is 7.54. The van der Waals surface area contributed by atoms with Gasteiger partial charge in [0.05, 0.1) is 0 Å². The number of nitrogens with zero attached hydrogens (tertiary/aromatic N) is 3. The van der Waals surface area contributed by atoms with E-state index >= 15 is 0 Å². The molecular formula is C8H14N4. The average molecular weight is 166 g/mol. The van der Waals surface area contributed by atoms with Crippen LogP contribution in [0.3, 0.4) is 0 Å². The van der Waals surface area contributed by atoms with Crippen molar-refractivity contribution >= 4 is 0 Å². The van der Waals surface area contributed by atoms with Crippen molar-refractivity contribution < 1.29 is 0 Å². The molecule has 1 saturated heterocycles. The van der Waals surface area contributed by atoms with Crippen LogP contribution in [0.5, 0.6) is 0 Å². The fourth-order valence-electron chi connectivity index (χ4n) is 1.84. The summed E-state index contributed by atoms with van der Waals surface area (Å²) in [6.07, 6.45) is 2.92. The first-order chi connectivity index (χ1) is 5.72. The molecule has 1 aliphatic heterocycles. The third kappa shape index (κ3) is 1.03. The van der Waals surface area contributed by atoms with Crippen LogP contribution >= 0.6 is 0 Å². The maximum Gasteiger partial charge on any atom is 0.139 e. The van der Waals surface area contributed by atoms with Crippen LogP contribution < -0.4 is 5.32 Å². The van der Waals surface area contributed by atoms with E-state index in [9.17, 15) is 0 Å². The molecule has 0 aromatic carbocycles. The largest absolute Gasteiger partial charge is 0.320 e. The van der Waals surface area contributed by atoms with E-state index in [1.165, 1.54) is 0 Å². The van der Waals surface area contributed by atoms with E-state index in [0.717, 1.165) is 25.3 Å². The standard InChI is InChI=1S/C8H14N4/c1-8(3-4-9-5-8)7-11-10-6-12(7)2/h6,9H,3-5H2,1-2H3. The van der Waals surface area contributed by atoms with E-state index in [1.54, 1.807) is 6.33 Å². The number of nitrogens with one attached hydrogen (secondary N) is 1. The molecule has 2 rings (SSSR count). The normalized spacial score (nSPS) is 29.5. The van der Waals surface area contributed by atoms with Gasteiger partial charge in [-0.15, -0.1) is 10.2 Å². The zero-order valence-electron chi connectivity index (χ0n) is 7.54. The van der Waals surface area contributed by atoms with Crippen LogP contribution in [0.25, 0.3) is 0 Å². The predicted molar refractivity (Wildman–Crippen MR) is 45.8 cm³/mol. The van der Waals surface area contributed by atoms with Gasteiger partial charge in [0, 0.05) is 19.0 Å². The minimum absolute atomic E-state index is 0.186. The van der Waals surface area contributed by atoms with Gasteiger partial charge in [-0.2, -0.15) is 0 Å². The summed E-state index contributed by atoms with van der Waals surface area (Å²) < 4.78 is 2.01. The topological polar surface area (TPSA) is 42.7 Å². The van der Waals surface area contributed by atoms with Crippen molar-refractivity contribution in [2.75, 3.05) is 13.1 Å². The van der Waals surface area contributed by atoms with Gasteiger partial charge in [-0.1, -0.05) is 6.92 Å². The summed E-state index contributed by atoms with van der Waals surface area (Å²) in [6, 6.07) is 0. The van der Waals surface area contributed by atoms with Crippen LogP contribution in [0.1, 0.15) is 19.2 Å². The highest BCUT2D eigenvalue weighted by molar-refractivity contribution is 5.09. The molecule has 1 aliphatic rings. The van der Waals surface area contributed by atoms with E-state index < -0.39 is 0 Å². The van der Waals surface area contributed by atoms with Crippen molar-refractivity contribution in [3.8, 4) is 0 Å². The van der Waals surface area contributed by atoms with Gasteiger partial charge < -0.3 is 9.88 Å². The Hall–Kier alpha value is -0.900. The van der Waals surface area contributed by atoms with Crippen LogP contribution in [-0.2, 0) is 12.5 Å². The smallest absolute Gasteiger partial charge is 0.139 e. The lowest BCUT2D eigenvalue weighted by Gasteiger charge is -2.20. The lowest BCUT2D eigenvalue weighted by Crippen LogP contribution is -2.28. The summed E-state index contributed by atoms with van der Waals surface area (Å²) in [5.74, 6) is 1.09. The summed E-state index contributed by atoms with van der Waals surface area (Å²) in [7, 11) is 2.00. The van der Waals surface area contributed by atoms with Crippen LogP contribution in [0.15, 0.2) is 6.33 Å². The van der Waals surface area contributed by atoms with Gasteiger partial charge >= 0.3 is 0 Å². The van der Waals surface area contributed by atoms with E-state index in [-0.39, 0.29) is 5.41 Å². The maximum atomic E-state index is 4.14. The minimum atomic E-state index is 0.186. The first-order valence-electron chi connectivity index (χ1n) is 4.28. The van der Waals surface area contributed by atoms with Gasteiger partial charge in [0.25, 0.3) is 0 Å². The third-order valence-corrected chi connectivity index (χ3v) is 2.62. The fraction of sp³-hybridized carbons (Fsp3) is 0.750. The van der Waals surface area contributed by atoms with Crippen molar-refractivity contribution in [1.82, 2.24) is 20.1 Å². The molecule has 0 radical (unpaired) electrons. The summed E-state index contributed by atoms with van der Waals surface area (Å²) in [5.41, 5.74) is 0.186. The first kappa shape index (κ1) is 7.73. The Morgan fingerprint density at radius 2 is 2.50 bits per heavy atom. The zero-order chi connectivity index (χ0) is 8.60. The number of aryl methyl sites for hydroxylation is 1. The van der Waals surface area contributed by atoms with Crippen LogP contribution in [-0.4, -0.2) is 27.9 Å². The minimum Gasteiger partial charge on any atom is -0.320 e. The second kappa shape index (κ2) is 2.55. The van der Waals surface area contributed by atoms with Gasteiger partial charge in [-0.3, -0.25) is 0 Å². The Labute approximate surface area is 72.0 Å². The quantitative estimate of drug-likeness (QED) is 0.642. The molecule has 2 heterocycles. The fourth-order valence-corrected chi connectivity index (χ4v) is 1.84. The molecule has 0 saturated carbocycles. The molecule has 66 valence electrons. The van der Waals surface area contributed by atoms with Crippen molar-refractivity contribution in [3.63, 3.8) is 0 Å². The van der Waals surface area contributed by atoms with Crippen molar-refractivity contribution in [3.05, 3.63) is 12.2 Å². The summed E-state index contributed by atoms with van der Waals surface area (Å²) in [6.45, 7) is 4.33. The molecule has 1 fully saturated rings. The Kier molecular flexibility index (Phi) is 1.65. The maximum absolute atomic E-state index is 4.14. The monoisotopic (exact) mass is 166 g/mol. The summed E-state index contributed by atoms with van der Waals surface area (Å²) in [4.78, 5) is 0. The lowest BCUT2D eigenvalue weighted by atomic mass is 9.89. The molecule has 1 atom stereocenters. The lowest BCUT2D eigenvalue weighted by molar-refractivity contribution is 0.470. The molecule has 0 aliphatic carbocycles. The molecule has 0 amide bonds. The summed E-state index contributed by atoms with van der Waals surface area (Å²) in [5, 5.41) is 11.4. The van der Waals surface area contributed by atoms with Gasteiger partial charge in [-0.25, -0.2) is 0 Å². The average Bonchev–Trinajstić information content (AvgIpc) is 2.59. The SMILES string of the molecule is Cn1cnnc1C1(C)CCNC1. The van der Waals surface area contributed by atoms with Gasteiger partial charge in [0.2, 0.25) is 0 Å². The van der Waals surface area contributed by atoms with Crippen molar-refractivity contribution in [2.45, 2.75) is 18.8 Å². The van der Waals surface area contributed by atoms with Gasteiger partial charge in [0.1, 0.15) is 12.2 Å². The van der Waals surface area contributed by atoms with E-state index in [2.05, 4.69) is 22.4 Å². The number of aromatic nitrogens is 3. The van der Waals surface area contributed by atoms with Gasteiger partial charge in [-0.05, 0) is 13.0 Å². The van der Waals surface area contributed by atoms with Crippen LogP contribution in [0.4, 0.5) is 0 Å². The Bertz CT molecular complexity index is 272. The van der Waals surface area contributed by atoms with E-state index in [4.69, 9.17) is 0 Å². The van der Waals surface area contributed by atoms with Crippen molar-refractivity contribution in [1.29, 1.82) is 0 Å². The second-order valence-electron chi connectivity index (χ2n) is 3.75. The molecule has 4 nitrogen and oxygen atoms in total. The number of hydrogen-bond acceptors (Lipinski definition) is 3. The van der Waals surface area contributed by atoms with Gasteiger partial charge in [0.15, 0.2) is 0 Å².